The topological polar surface area (TPSA) is 70.5 Å². The Hall–Kier alpha value is 0.0569. The average Bonchev–Trinajstić information content (AvgIpc) is 1.43. The van der Waals surface area contributed by atoms with Crippen molar-refractivity contribution in [1.82, 2.24) is 0 Å². The third-order valence-corrected chi connectivity index (χ3v) is 2.79. The second-order valence-electron chi connectivity index (χ2n) is 5.15. The summed E-state index contributed by atoms with van der Waals surface area (Å²) in [5.74, 6) is 0. The monoisotopic (exact) mass is 206 g/mol. The Balaban J connectivity index is 4.25. The van der Waals surface area contributed by atoms with Gasteiger partial charge in [-0.3, -0.25) is 10.8 Å². The number of nitrogens with two attached hydrogens (primary N) is 2. The van der Waals surface area contributed by atoms with E-state index in [2.05, 4.69) is 0 Å². The van der Waals surface area contributed by atoms with Gasteiger partial charge in [-0.05, 0) is 41.5 Å². The fourth-order valence-electron chi connectivity index (χ4n) is 0.978. The summed E-state index contributed by atoms with van der Waals surface area (Å²) in [6, 6.07) is 0. The van der Waals surface area contributed by atoms with Crippen LogP contribution in [0.3, 0.4) is 0 Å². The standard InChI is InChI=1S/C8H22N2O2Si/c1-7(2,3)11-13(9,10)12-8(4,5)6/h9-10H2,1-6H3. The Labute approximate surface area is 82.0 Å². The van der Waals surface area contributed by atoms with Gasteiger partial charge in [-0.1, -0.05) is 0 Å². The zero-order valence-electron chi connectivity index (χ0n) is 9.47. The summed E-state index contributed by atoms with van der Waals surface area (Å²) in [7, 11) is -2.97. The highest BCUT2D eigenvalue weighted by Crippen LogP contribution is 2.16. The molecule has 4 nitrogen and oxygen atoms in total. The van der Waals surface area contributed by atoms with E-state index in [0.29, 0.717) is 0 Å². The predicted molar refractivity (Wildman–Crippen MR) is 55.8 cm³/mol. The molecule has 0 saturated carbocycles. The van der Waals surface area contributed by atoms with Gasteiger partial charge in [0.1, 0.15) is 0 Å². The van der Waals surface area contributed by atoms with E-state index in [4.69, 9.17) is 19.7 Å². The van der Waals surface area contributed by atoms with Crippen LogP contribution in [0.25, 0.3) is 0 Å². The average molecular weight is 206 g/mol. The van der Waals surface area contributed by atoms with E-state index in [1.165, 1.54) is 0 Å². The quantitative estimate of drug-likeness (QED) is 0.660. The van der Waals surface area contributed by atoms with Crippen LogP contribution in [-0.4, -0.2) is 20.1 Å². The summed E-state index contributed by atoms with van der Waals surface area (Å²) in [5, 5.41) is 11.5. The molecule has 0 amide bonds. The highest BCUT2D eigenvalue weighted by Gasteiger charge is 2.38. The first-order valence-electron chi connectivity index (χ1n) is 4.39. The summed E-state index contributed by atoms with van der Waals surface area (Å²) in [6.45, 7) is 11.4. The van der Waals surface area contributed by atoms with Gasteiger partial charge in [0.25, 0.3) is 0 Å². The first-order valence-corrected chi connectivity index (χ1v) is 6.37. The maximum absolute atomic E-state index is 5.76. The molecule has 0 heterocycles. The van der Waals surface area contributed by atoms with Crippen molar-refractivity contribution in [3.63, 3.8) is 0 Å². The van der Waals surface area contributed by atoms with Crippen LogP contribution in [0, 0.1) is 0 Å². The third kappa shape index (κ3) is 8.39. The van der Waals surface area contributed by atoms with E-state index in [0.717, 1.165) is 0 Å². The first-order chi connectivity index (χ1) is 5.41. The Morgan fingerprint density at radius 3 is 1.15 bits per heavy atom. The third-order valence-electron chi connectivity index (χ3n) is 0.931. The number of hydrogen-bond donors (Lipinski definition) is 2. The van der Waals surface area contributed by atoms with Crippen molar-refractivity contribution in [2.75, 3.05) is 0 Å². The summed E-state index contributed by atoms with van der Waals surface area (Å²) in [4.78, 5) is 0. The molecular formula is C8H22N2O2Si. The summed E-state index contributed by atoms with van der Waals surface area (Å²) >= 11 is 0. The largest absolute Gasteiger partial charge is 0.512 e. The van der Waals surface area contributed by atoms with Gasteiger partial charge in [-0.2, -0.15) is 0 Å². The first kappa shape index (κ1) is 13.1. The maximum Gasteiger partial charge on any atom is 0.512 e. The van der Waals surface area contributed by atoms with Crippen LogP contribution in [0.4, 0.5) is 0 Å². The van der Waals surface area contributed by atoms with Gasteiger partial charge in [0, 0.05) is 0 Å². The lowest BCUT2D eigenvalue weighted by Crippen LogP contribution is -2.66. The second kappa shape index (κ2) is 3.66. The Bertz CT molecular complexity index is 152. The second-order valence-corrected chi connectivity index (χ2v) is 7.00. The molecule has 80 valence electrons. The van der Waals surface area contributed by atoms with Crippen LogP contribution in [0.2, 0.25) is 0 Å². The van der Waals surface area contributed by atoms with Crippen LogP contribution in [-0.2, 0) is 8.85 Å². The molecule has 0 fully saturated rings. The fourth-order valence-corrected chi connectivity index (χ4v) is 2.93. The smallest absolute Gasteiger partial charge is 0.366 e. The molecule has 0 radical (unpaired) electrons. The van der Waals surface area contributed by atoms with Crippen LogP contribution in [0.5, 0.6) is 0 Å². The van der Waals surface area contributed by atoms with E-state index in [9.17, 15) is 0 Å². The van der Waals surface area contributed by atoms with Crippen molar-refractivity contribution < 1.29 is 8.85 Å². The molecule has 5 heteroatoms. The zero-order chi connectivity index (χ0) is 10.9. The van der Waals surface area contributed by atoms with Crippen LogP contribution in [0.1, 0.15) is 41.5 Å². The molecule has 4 N–H and O–H groups in total. The summed E-state index contributed by atoms with van der Waals surface area (Å²) in [6.07, 6.45) is 0. The minimum Gasteiger partial charge on any atom is -0.366 e. The maximum atomic E-state index is 5.76. The van der Waals surface area contributed by atoms with Crippen molar-refractivity contribution in [3.05, 3.63) is 0 Å². The van der Waals surface area contributed by atoms with Gasteiger partial charge >= 0.3 is 8.88 Å². The molecule has 0 spiro atoms. The molecule has 0 bridgehead atoms. The van der Waals surface area contributed by atoms with Crippen LogP contribution in [0.15, 0.2) is 0 Å². The van der Waals surface area contributed by atoms with Crippen molar-refractivity contribution in [3.8, 4) is 0 Å². The molecule has 0 unspecified atom stereocenters. The predicted octanol–water partition coefficient (Wildman–Crippen LogP) is 0.970. The molecule has 0 aliphatic rings. The zero-order valence-corrected chi connectivity index (χ0v) is 10.5. The van der Waals surface area contributed by atoms with E-state index in [1.54, 1.807) is 0 Å². The highest BCUT2D eigenvalue weighted by molar-refractivity contribution is 6.60. The molecule has 0 aromatic rings. The Kier molecular flexibility index (Phi) is 3.68. The fraction of sp³-hybridized carbons (Fsp3) is 1.00. The van der Waals surface area contributed by atoms with Crippen molar-refractivity contribution >= 4 is 8.88 Å². The van der Waals surface area contributed by atoms with Gasteiger partial charge in [0.15, 0.2) is 0 Å². The van der Waals surface area contributed by atoms with Gasteiger partial charge < -0.3 is 8.85 Å². The van der Waals surface area contributed by atoms with Crippen LogP contribution < -0.4 is 10.8 Å². The van der Waals surface area contributed by atoms with Crippen molar-refractivity contribution in [2.45, 2.75) is 52.7 Å². The van der Waals surface area contributed by atoms with Gasteiger partial charge in [0.2, 0.25) is 0 Å². The van der Waals surface area contributed by atoms with Gasteiger partial charge in [-0.15, -0.1) is 0 Å². The molecule has 0 atom stereocenters. The minimum absolute atomic E-state index is 0.360. The van der Waals surface area contributed by atoms with E-state index >= 15 is 0 Å². The molecule has 0 rings (SSSR count). The summed E-state index contributed by atoms with van der Waals surface area (Å²) in [5.41, 5.74) is -0.720. The molecule has 0 aromatic heterocycles. The number of hydrogen-bond acceptors (Lipinski definition) is 4. The highest BCUT2D eigenvalue weighted by atomic mass is 28.4. The Morgan fingerprint density at radius 2 is 1.00 bits per heavy atom. The molecule has 0 aliphatic carbocycles. The molecule has 0 saturated heterocycles. The van der Waals surface area contributed by atoms with Gasteiger partial charge in [-0.25, -0.2) is 0 Å². The lowest BCUT2D eigenvalue weighted by molar-refractivity contribution is 0.0147. The van der Waals surface area contributed by atoms with Crippen molar-refractivity contribution in [1.29, 1.82) is 0 Å². The Morgan fingerprint density at radius 1 is 0.769 bits per heavy atom. The molecular weight excluding hydrogens is 184 g/mol. The molecule has 13 heavy (non-hydrogen) atoms. The molecule has 0 aliphatic heterocycles. The van der Waals surface area contributed by atoms with Gasteiger partial charge in [0.05, 0.1) is 11.2 Å². The van der Waals surface area contributed by atoms with E-state index < -0.39 is 8.88 Å². The SMILES string of the molecule is CC(C)(C)O[Si](N)(N)OC(C)(C)C. The lowest BCUT2D eigenvalue weighted by atomic mass is 10.2. The number of rotatable bonds is 2. The van der Waals surface area contributed by atoms with Crippen molar-refractivity contribution in [2.24, 2.45) is 10.8 Å². The normalized spacial score (nSPS) is 14.8. The van der Waals surface area contributed by atoms with E-state index in [-0.39, 0.29) is 11.2 Å². The molecule has 0 aromatic carbocycles. The van der Waals surface area contributed by atoms with E-state index in [1.807, 2.05) is 41.5 Å². The summed E-state index contributed by atoms with van der Waals surface area (Å²) < 4.78 is 10.9. The minimum atomic E-state index is -2.97. The lowest BCUT2D eigenvalue weighted by Gasteiger charge is -2.34. The van der Waals surface area contributed by atoms with Crippen LogP contribution >= 0.6 is 0 Å².